The first-order valence-corrected chi connectivity index (χ1v) is 8.32. The van der Waals surface area contributed by atoms with Crippen molar-refractivity contribution >= 4 is 29.1 Å². The van der Waals surface area contributed by atoms with Gasteiger partial charge in [0.1, 0.15) is 0 Å². The molecule has 2 rings (SSSR count). The summed E-state index contributed by atoms with van der Waals surface area (Å²) in [4.78, 5) is 28.6. The van der Waals surface area contributed by atoms with Gasteiger partial charge in [-0.15, -0.1) is 11.6 Å². The molecular formula is C17H24ClN3O2. The number of nitrogens with zero attached hydrogens (tertiary/aromatic N) is 2. The number of hydrogen-bond donors (Lipinski definition) is 1. The number of halogens is 1. The number of likely N-dealkylation sites (N-methyl/N-ethyl adjacent to an activating group) is 1. The highest BCUT2D eigenvalue weighted by Crippen LogP contribution is 2.20. The van der Waals surface area contributed by atoms with Gasteiger partial charge in [0.2, 0.25) is 5.91 Å². The van der Waals surface area contributed by atoms with Gasteiger partial charge in [-0.2, -0.15) is 0 Å². The summed E-state index contributed by atoms with van der Waals surface area (Å²) in [6.45, 7) is 6.87. The maximum atomic E-state index is 12.4. The summed E-state index contributed by atoms with van der Waals surface area (Å²) in [5.41, 5.74) is 0.683. The highest BCUT2D eigenvalue weighted by Gasteiger charge is 2.26. The van der Waals surface area contributed by atoms with E-state index in [1.807, 2.05) is 4.90 Å². The van der Waals surface area contributed by atoms with E-state index in [4.69, 9.17) is 11.6 Å². The molecule has 1 aromatic rings. The third-order valence-corrected chi connectivity index (χ3v) is 4.80. The standard InChI is InChI=1S/C17H24ClN3O2/c1-17(2,12-18)16(23)19-14-6-4-13(5-7-14)15(22)21-10-8-20(3)9-11-21/h4-7H,8-12H2,1-3H3,(H,19,23). The molecule has 126 valence electrons. The molecule has 1 aromatic carbocycles. The summed E-state index contributed by atoms with van der Waals surface area (Å²) < 4.78 is 0. The summed E-state index contributed by atoms with van der Waals surface area (Å²) in [6.07, 6.45) is 0. The lowest BCUT2D eigenvalue weighted by atomic mass is 9.95. The summed E-state index contributed by atoms with van der Waals surface area (Å²) >= 11 is 5.80. The molecule has 0 spiro atoms. The van der Waals surface area contributed by atoms with E-state index >= 15 is 0 Å². The van der Waals surface area contributed by atoms with Crippen LogP contribution in [0.25, 0.3) is 0 Å². The Bertz CT molecular complexity index is 564. The zero-order chi connectivity index (χ0) is 17.0. The van der Waals surface area contributed by atoms with Crippen LogP contribution in [0.1, 0.15) is 24.2 Å². The number of alkyl halides is 1. The van der Waals surface area contributed by atoms with Crippen LogP contribution in [0.2, 0.25) is 0 Å². The molecule has 0 saturated carbocycles. The van der Waals surface area contributed by atoms with Crippen molar-refractivity contribution in [3.8, 4) is 0 Å². The Labute approximate surface area is 142 Å². The lowest BCUT2D eigenvalue weighted by molar-refractivity contribution is -0.122. The van der Waals surface area contributed by atoms with E-state index < -0.39 is 5.41 Å². The van der Waals surface area contributed by atoms with Crippen LogP contribution in [-0.4, -0.2) is 60.7 Å². The molecule has 1 saturated heterocycles. The number of piperazine rings is 1. The Balaban J connectivity index is 1.99. The number of benzene rings is 1. The van der Waals surface area contributed by atoms with Gasteiger partial charge in [-0.05, 0) is 45.2 Å². The van der Waals surface area contributed by atoms with E-state index in [0.717, 1.165) is 26.2 Å². The van der Waals surface area contributed by atoms with E-state index in [0.29, 0.717) is 11.3 Å². The zero-order valence-corrected chi connectivity index (χ0v) is 14.7. The number of carbonyl (C=O) groups excluding carboxylic acids is 2. The van der Waals surface area contributed by atoms with Gasteiger partial charge in [-0.25, -0.2) is 0 Å². The molecule has 23 heavy (non-hydrogen) atoms. The molecule has 1 N–H and O–H groups in total. The van der Waals surface area contributed by atoms with Crippen LogP contribution in [0, 0.1) is 5.41 Å². The van der Waals surface area contributed by atoms with Gasteiger partial charge in [0.25, 0.3) is 5.91 Å². The SMILES string of the molecule is CN1CCN(C(=O)c2ccc(NC(=O)C(C)(C)CCl)cc2)CC1. The summed E-state index contributed by atoms with van der Waals surface area (Å²) in [7, 11) is 2.06. The third-order valence-electron chi connectivity index (χ3n) is 4.13. The fourth-order valence-electron chi connectivity index (χ4n) is 2.25. The van der Waals surface area contributed by atoms with Crippen LogP contribution in [0.3, 0.4) is 0 Å². The zero-order valence-electron chi connectivity index (χ0n) is 13.9. The predicted molar refractivity (Wildman–Crippen MR) is 93.0 cm³/mol. The Morgan fingerprint density at radius 3 is 2.22 bits per heavy atom. The molecule has 0 aliphatic carbocycles. The molecule has 0 atom stereocenters. The molecule has 6 heteroatoms. The number of amides is 2. The van der Waals surface area contributed by atoms with Gasteiger partial charge in [-0.1, -0.05) is 0 Å². The van der Waals surface area contributed by atoms with Crippen LogP contribution >= 0.6 is 11.6 Å². The normalized spacial score (nSPS) is 16.3. The largest absolute Gasteiger partial charge is 0.336 e. The monoisotopic (exact) mass is 337 g/mol. The second-order valence-electron chi connectivity index (χ2n) is 6.64. The maximum Gasteiger partial charge on any atom is 0.253 e. The molecule has 1 aliphatic rings. The van der Waals surface area contributed by atoms with Crippen LogP contribution in [-0.2, 0) is 4.79 Å². The Morgan fingerprint density at radius 2 is 1.70 bits per heavy atom. The lowest BCUT2D eigenvalue weighted by Crippen LogP contribution is -2.47. The molecule has 0 aromatic heterocycles. The van der Waals surface area contributed by atoms with Crippen molar-refractivity contribution in [2.24, 2.45) is 5.41 Å². The molecule has 0 bridgehead atoms. The fourth-order valence-corrected chi connectivity index (χ4v) is 2.37. The minimum absolute atomic E-state index is 0.0389. The van der Waals surface area contributed by atoms with E-state index in [9.17, 15) is 9.59 Å². The van der Waals surface area contributed by atoms with Crippen molar-refractivity contribution < 1.29 is 9.59 Å². The van der Waals surface area contributed by atoms with E-state index in [1.165, 1.54) is 0 Å². The number of hydrogen-bond acceptors (Lipinski definition) is 3. The number of nitrogens with one attached hydrogen (secondary N) is 1. The fraction of sp³-hybridized carbons (Fsp3) is 0.529. The van der Waals surface area contributed by atoms with Gasteiger partial charge in [-0.3, -0.25) is 9.59 Å². The first-order chi connectivity index (χ1) is 10.8. The highest BCUT2D eigenvalue weighted by molar-refractivity contribution is 6.20. The number of anilines is 1. The first kappa shape index (κ1) is 17.8. The quantitative estimate of drug-likeness (QED) is 0.858. The van der Waals surface area contributed by atoms with Gasteiger partial charge in [0.15, 0.2) is 0 Å². The highest BCUT2D eigenvalue weighted by atomic mass is 35.5. The van der Waals surface area contributed by atoms with Crippen LogP contribution in [0.4, 0.5) is 5.69 Å². The predicted octanol–water partition coefficient (Wildman–Crippen LogP) is 2.28. The minimum Gasteiger partial charge on any atom is -0.336 e. The average molecular weight is 338 g/mol. The van der Waals surface area contributed by atoms with Crippen molar-refractivity contribution in [3.05, 3.63) is 29.8 Å². The second kappa shape index (κ2) is 7.32. The molecule has 2 amide bonds. The lowest BCUT2D eigenvalue weighted by Gasteiger charge is -2.32. The van der Waals surface area contributed by atoms with Crippen molar-refractivity contribution in [1.29, 1.82) is 0 Å². The van der Waals surface area contributed by atoms with E-state index in [2.05, 4.69) is 17.3 Å². The van der Waals surface area contributed by atoms with Gasteiger partial charge in [0, 0.05) is 43.3 Å². The summed E-state index contributed by atoms with van der Waals surface area (Å²) in [5.74, 6) is 0.154. The molecule has 1 fully saturated rings. The Kier molecular flexibility index (Phi) is 5.65. The average Bonchev–Trinajstić information content (AvgIpc) is 2.55. The van der Waals surface area contributed by atoms with E-state index in [-0.39, 0.29) is 17.7 Å². The van der Waals surface area contributed by atoms with Crippen molar-refractivity contribution in [2.45, 2.75) is 13.8 Å². The molecule has 0 radical (unpaired) electrons. The van der Waals surface area contributed by atoms with Crippen LogP contribution < -0.4 is 5.32 Å². The van der Waals surface area contributed by atoms with Crippen molar-refractivity contribution in [3.63, 3.8) is 0 Å². The smallest absolute Gasteiger partial charge is 0.253 e. The van der Waals surface area contributed by atoms with Gasteiger partial charge >= 0.3 is 0 Å². The molecule has 5 nitrogen and oxygen atoms in total. The summed E-state index contributed by atoms with van der Waals surface area (Å²) in [5, 5.41) is 2.83. The Hall–Kier alpha value is -1.59. The molecule has 1 aliphatic heterocycles. The van der Waals surface area contributed by atoms with Crippen LogP contribution in [0.15, 0.2) is 24.3 Å². The van der Waals surface area contributed by atoms with Crippen molar-refractivity contribution in [2.75, 3.05) is 44.4 Å². The number of rotatable bonds is 4. The maximum absolute atomic E-state index is 12.4. The van der Waals surface area contributed by atoms with Gasteiger partial charge in [0.05, 0.1) is 5.41 Å². The number of carbonyl (C=O) groups is 2. The third kappa shape index (κ3) is 4.45. The summed E-state index contributed by atoms with van der Waals surface area (Å²) in [6, 6.07) is 7.02. The first-order valence-electron chi connectivity index (χ1n) is 7.79. The van der Waals surface area contributed by atoms with Gasteiger partial charge < -0.3 is 15.1 Å². The van der Waals surface area contributed by atoms with Crippen molar-refractivity contribution in [1.82, 2.24) is 9.80 Å². The van der Waals surface area contributed by atoms with E-state index in [1.54, 1.807) is 38.1 Å². The minimum atomic E-state index is -0.629. The molecular weight excluding hydrogens is 314 g/mol. The topological polar surface area (TPSA) is 52.6 Å². The second-order valence-corrected chi connectivity index (χ2v) is 6.91. The molecule has 0 unspecified atom stereocenters. The molecule has 1 heterocycles. The van der Waals surface area contributed by atoms with Crippen LogP contribution in [0.5, 0.6) is 0 Å². The Morgan fingerprint density at radius 1 is 1.13 bits per heavy atom.